The van der Waals surface area contributed by atoms with Gasteiger partial charge in [0.15, 0.2) is 11.8 Å². The van der Waals surface area contributed by atoms with Crippen molar-refractivity contribution in [3.8, 4) is 11.4 Å². The maximum absolute atomic E-state index is 6.09. The second-order valence-corrected chi connectivity index (χ2v) is 6.23. The van der Waals surface area contributed by atoms with E-state index in [-0.39, 0.29) is 6.04 Å². The highest BCUT2D eigenvalue weighted by atomic mass is 16.5. The Labute approximate surface area is 157 Å². The molecule has 0 saturated heterocycles. The van der Waals surface area contributed by atoms with Crippen LogP contribution in [-0.4, -0.2) is 39.3 Å². The van der Waals surface area contributed by atoms with Crippen LogP contribution in [0.1, 0.15) is 23.9 Å². The first kappa shape index (κ1) is 17.0. The summed E-state index contributed by atoms with van der Waals surface area (Å²) in [5.74, 6) is 2.06. The third-order valence-corrected chi connectivity index (χ3v) is 4.43. The average molecular weight is 363 g/mol. The van der Waals surface area contributed by atoms with E-state index in [9.17, 15) is 0 Å². The van der Waals surface area contributed by atoms with Gasteiger partial charge in [-0.3, -0.25) is 4.99 Å². The number of hydrogen-bond acceptors (Lipinski definition) is 5. The topological polar surface area (TPSA) is 103 Å². The van der Waals surface area contributed by atoms with Crippen molar-refractivity contribution in [1.82, 2.24) is 25.5 Å². The summed E-state index contributed by atoms with van der Waals surface area (Å²) in [6.45, 7) is 1.16. The van der Waals surface area contributed by atoms with Gasteiger partial charge in [-0.2, -0.15) is 4.68 Å². The van der Waals surface area contributed by atoms with E-state index in [4.69, 9.17) is 10.5 Å². The molecule has 1 aromatic heterocycles. The summed E-state index contributed by atoms with van der Waals surface area (Å²) in [6.07, 6.45) is 1.44. The van der Waals surface area contributed by atoms with Crippen LogP contribution < -0.4 is 15.8 Å². The Kier molecular flexibility index (Phi) is 4.95. The number of tetrazole rings is 1. The van der Waals surface area contributed by atoms with E-state index in [1.165, 1.54) is 0 Å². The molecule has 2 heterocycles. The van der Waals surface area contributed by atoms with Gasteiger partial charge in [0.2, 0.25) is 0 Å². The Morgan fingerprint density at radius 3 is 2.89 bits per heavy atom. The SMILES string of the molecule is NC(=NCCc1nnnn1-c1ccccc1)NC1CCOc2ccccc21. The highest BCUT2D eigenvalue weighted by Gasteiger charge is 2.21. The Morgan fingerprint density at radius 2 is 2.00 bits per heavy atom. The summed E-state index contributed by atoms with van der Waals surface area (Å²) < 4.78 is 7.39. The molecule has 0 fully saturated rings. The molecule has 1 unspecified atom stereocenters. The number of rotatable bonds is 5. The monoisotopic (exact) mass is 363 g/mol. The summed E-state index contributed by atoms with van der Waals surface area (Å²) in [7, 11) is 0. The van der Waals surface area contributed by atoms with E-state index >= 15 is 0 Å². The highest BCUT2D eigenvalue weighted by Crippen LogP contribution is 2.31. The molecule has 0 bridgehead atoms. The summed E-state index contributed by atoms with van der Waals surface area (Å²) in [6, 6.07) is 17.9. The van der Waals surface area contributed by atoms with Gasteiger partial charge in [0.1, 0.15) is 5.75 Å². The zero-order valence-corrected chi connectivity index (χ0v) is 14.8. The van der Waals surface area contributed by atoms with Crippen LogP contribution in [0.5, 0.6) is 5.75 Å². The van der Waals surface area contributed by atoms with Crippen molar-refractivity contribution in [1.29, 1.82) is 0 Å². The van der Waals surface area contributed by atoms with E-state index in [2.05, 4.69) is 25.8 Å². The van der Waals surface area contributed by atoms with Gasteiger partial charge in [0.05, 0.1) is 18.3 Å². The van der Waals surface area contributed by atoms with Crippen molar-refractivity contribution in [2.45, 2.75) is 18.9 Å². The van der Waals surface area contributed by atoms with Gasteiger partial charge in [-0.05, 0) is 28.6 Å². The van der Waals surface area contributed by atoms with Gasteiger partial charge in [-0.25, -0.2) is 0 Å². The van der Waals surface area contributed by atoms with Crippen LogP contribution in [0.4, 0.5) is 0 Å². The Balaban J connectivity index is 1.38. The Morgan fingerprint density at radius 1 is 1.19 bits per heavy atom. The molecular formula is C19H21N7O. The molecule has 4 rings (SSSR count). The van der Waals surface area contributed by atoms with Gasteiger partial charge in [-0.1, -0.05) is 36.4 Å². The summed E-state index contributed by atoms with van der Waals surface area (Å²) in [5, 5.41) is 15.2. The number of para-hydroxylation sites is 2. The molecule has 0 spiro atoms. The summed E-state index contributed by atoms with van der Waals surface area (Å²) in [4.78, 5) is 4.43. The van der Waals surface area contributed by atoms with Crippen molar-refractivity contribution in [3.05, 3.63) is 66.0 Å². The van der Waals surface area contributed by atoms with Crippen LogP contribution in [0.3, 0.4) is 0 Å². The lowest BCUT2D eigenvalue weighted by atomic mass is 10.0. The molecule has 0 saturated carbocycles. The smallest absolute Gasteiger partial charge is 0.189 e. The highest BCUT2D eigenvalue weighted by molar-refractivity contribution is 5.78. The van der Waals surface area contributed by atoms with E-state index in [1.54, 1.807) is 4.68 Å². The normalized spacial score (nSPS) is 16.4. The molecule has 1 aliphatic heterocycles. The first-order valence-corrected chi connectivity index (χ1v) is 8.92. The number of nitrogens with two attached hydrogens (primary N) is 1. The quantitative estimate of drug-likeness (QED) is 0.528. The largest absolute Gasteiger partial charge is 0.493 e. The number of hydrogen-bond donors (Lipinski definition) is 2. The maximum Gasteiger partial charge on any atom is 0.189 e. The third kappa shape index (κ3) is 3.89. The minimum absolute atomic E-state index is 0.105. The molecule has 138 valence electrons. The van der Waals surface area contributed by atoms with Crippen LogP contribution in [0.2, 0.25) is 0 Å². The third-order valence-electron chi connectivity index (χ3n) is 4.43. The van der Waals surface area contributed by atoms with Crippen molar-refractivity contribution in [3.63, 3.8) is 0 Å². The zero-order chi connectivity index (χ0) is 18.5. The number of ether oxygens (including phenoxy) is 1. The zero-order valence-electron chi connectivity index (χ0n) is 14.8. The fraction of sp³-hybridized carbons (Fsp3) is 0.263. The van der Waals surface area contributed by atoms with E-state index in [1.807, 2.05) is 54.6 Å². The Hall–Kier alpha value is -3.42. The first-order valence-electron chi connectivity index (χ1n) is 8.92. The van der Waals surface area contributed by atoms with E-state index in [0.717, 1.165) is 29.2 Å². The molecular weight excluding hydrogens is 342 g/mol. The number of guanidine groups is 1. The van der Waals surface area contributed by atoms with E-state index < -0.39 is 0 Å². The lowest BCUT2D eigenvalue weighted by Crippen LogP contribution is -2.37. The standard InChI is InChI=1S/C19H21N7O/c20-19(22-16-11-13-27-17-9-5-4-8-15(16)17)21-12-10-18-23-24-25-26(18)14-6-2-1-3-7-14/h1-9,16H,10-13H2,(H3,20,21,22). The van der Waals surface area contributed by atoms with Crippen LogP contribution in [-0.2, 0) is 6.42 Å². The van der Waals surface area contributed by atoms with Gasteiger partial charge < -0.3 is 15.8 Å². The minimum Gasteiger partial charge on any atom is -0.493 e. The molecule has 2 aromatic carbocycles. The maximum atomic E-state index is 6.09. The number of fused-ring (bicyclic) bond motifs is 1. The Bertz CT molecular complexity index is 923. The van der Waals surface area contributed by atoms with Gasteiger partial charge in [0.25, 0.3) is 0 Å². The molecule has 1 aliphatic rings. The lowest BCUT2D eigenvalue weighted by molar-refractivity contribution is 0.262. The van der Waals surface area contributed by atoms with Crippen molar-refractivity contribution >= 4 is 5.96 Å². The summed E-state index contributed by atoms with van der Waals surface area (Å²) in [5.41, 5.74) is 8.12. The van der Waals surface area contributed by atoms with Crippen LogP contribution in [0, 0.1) is 0 Å². The fourth-order valence-electron chi connectivity index (χ4n) is 3.12. The number of nitrogens with one attached hydrogen (secondary N) is 1. The second-order valence-electron chi connectivity index (χ2n) is 6.23. The van der Waals surface area contributed by atoms with Gasteiger partial charge >= 0.3 is 0 Å². The molecule has 8 heteroatoms. The number of aliphatic imine (C=N–C) groups is 1. The number of aromatic nitrogens is 4. The van der Waals surface area contributed by atoms with Crippen LogP contribution in [0.15, 0.2) is 59.6 Å². The molecule has 3 aromatic rings. The molecule has 0 aliphatic carbocycles. The van der Waals surface area contributed by atoms with Crippen LogP contribution in [0.25, 0.3) is 5.69 Å². The number of nitrogens with zero attached hydrogens (tertiary/aromatic N) is 5. The van der Waals surface area contributed by atoms with Crippen molar-refractivity contribution in [2.75, 3.05) is 13.2 Å². The van der Waals surface area contributed by atoms with E-state index in [0.29, 0.717) is 25.5 Å². The van der Waals surface area contributed by atoms with Gasteiger partial charge in [0, 0.05) is 24.9 Å². The molecule has 0 radical (unpaired) electrons. The minimum atomic E-state index is 0.105. The predicted octanol–water partition coefficient (Wildman–Crippen LogP) is 1.63. The molecule has 8 nitrogen and oxygen atoms in total. The van der Waals surface area contributed by atoms with Crippen molar-refractivity contribution in [2.24, 2.45) is 10.7 Å². The first-order chi connectivity index (χ1) is 13.3. The molecule has 0 amide bonds. The number of benzene rings is 2. The van der Waals surface area contributed by atoms with Gasteiger partial charge in [-0.15, -0.1) is 5.10 Å². The average Bonchev–Trinajstić information content (AvgIpc) is 3.17. The summed E-state index contributed by atoms with van der Waals surface area (Å²) >= 11 is 0. The lowest BCUT2D eigenvalue weighted by Gasteiger charge is -2.26. The second kappa shape index (κ2) is 7.86. The fourth-order valence-corrected chi connectivity index (χ4v) is 3.12. The predicted molar refractivity (Wildman–Crippen MR) is 102 cm³/mol. The molecule has 1 atom stereocenters. The molecule has 3 N–H and O–H groups in total. The molecule has 27 heavy (non-hydrogen) atoms. The van der Waals surface area contributed by atoms with Crippen molar-refractivity contribution < 1.29 is 4.74 Å². The van der Waals surface area contributed by atoms with Crippen LogP contribution >= 0.6 is 0 Å².